The van der Waals surface area contributed by atoms with Crippen LogP contribution in [0.3, 0.4) is 0 Å². The van der Waals surface area contributed by atoms with Crippen LogP contribution in [0.5, 0.6) is 11.5 Å². The lowest BCUT2D eigenvalue weighted by molar-refractivity contribution is -0.138. The largest absolute Gasteiger partial charge is 0.490 e. The van der Waals surface area contributed by atoms with Crippen LogP contribution in [0.25, 0.3) is 0 Å². The summed E-state index contributed by atoms with van der Waals surface area (Å²) in [5.41, 5.74) is -0.818. The Balaban J connectivity index is 1.72. The van der Waals surface area contributed by atoms with Crippen molar-refractivity contribution in [1.29, 1.82) is 0 Å². The molecule has 4 rings (SSSR count). The molecule has 0 radical (unpaired) electrons. The van der Waals surface area contributed by atoms with E-state index in [4.69, 9.17) is 9.47 Å². The second kappa shape index (κ2) is 7.53. The van der Waals surface area contributed by atoms with Crippen LogP contribution in [0.15, 0.2) is 47.4 Å². The van der Waals surface area contributed by atoms with Gasteiger partial charge >= 0.3 is 6.18 Å². The molecule has 156 valence electrons. The van der Waals surface area contributed by atoms with Gasteiger partial charge in [0.2, 0.25) is 10.0 Å². The van der Waals surface area contributed by atoms with Gasteiger partial charge in [-0.2, -0.15) is 17.5 Å². The molecule has 1 saturated heterocycles. The Hall–Kier alpha value is -2.26. The van der Waals surface area contributed by atoms with E-state index in [1.165, 1.54) is 36.4 Å². The summed E-state index contributed by atoms with van der Waals surface area (Å²) in [5.74, 6) is 0.789. The molecule has 0 aromatic heterocycles. The minimum absolute atomic E-state index is 0.0156. The van der Waals surface area contributed by atoms with Crippen molar-refractivity contribution in [3.63, 3.8) is 0 Å². The van der Waals surface area contributed by atoms with Crippen molar-refractivity contribution in [1.82, 2.24) is 4.31 Å². The van der Waals surface area contributed by atoms with E-state index < -0.39 is 27.8 Å². The van der Waals surface area contributed by atoms with Crippen LogP contribution in [0.2, 0.25) is 0 Å². The number of benzene rings is 2. The first kappa shape index (κ1) is 20.0. The third kappa shape index (κ3) is 3.81. The Labute approximate surface area is 167 Å². The number of fused-ring (bicyclic) bond motifs is 1. The van der Waals surface area contributed by atoms with E-state index in [2.05, 4.69) is 0 Å². The zero-order valence-corrected chi connectivity index (χ0v) is 16.3. The lowest BCUT2D eigenvalue weighted by atomic mass is 9.99. The van der Waals surface area contributed by atoms with Gasteiger partial charge in [-0.3, -0.25) is 0 Å². The third-order valence-electron chi connectivity index (χ3n) is 5.15. The second-order valence-corrected chi connectivity index (χ2v) is 8.91. The molecule has 0 N–H and O–H groups in total. The summed E-state index contributed by atoms with van der Waals surface area (Å²) < 4.78 is 79.3. The smallest absolute Gasteiger partial charge is 0.416 e. The van der Waals surface area contributed by atoms with Gasteiger partial charge in [0.1, 0.15) is 0 Å². The van der Waals surface area contributed by atoms with Gasteiger partial charge in [0.25, 0.3) is 0 Å². The summed E-state index contributed by atoms with van der Waals surface area (Å²) in [6.07, 6.45) is -3.05. The molecule has 2 aromatic carbocycles. The van der Waals surface area contributed by atoms with Crippen LogP contribution in [0.4, 0.5) is 13.2 Å². The Morgan fingerprint density at radius 3 is 2.45 bits per heavy atom. The molecule has 2 aliphatic rings. The highest BCUT2D eigenvalue weighted by Crippen LogP contribution is 2.43. The molecule has 2 aliphatic heterocycles. The topological polar surface area (TPSA) is 55.8 Å². The summed E-state index contributed by atoms with van der Waals surface area (Å²) >= 11 is 0. The lowest BCUT2D eigenvalue weighted by Crippen LogP contribution is -2.31. The number of rotatable bonds is 3. The lowest BCUT2D eigenvalue weighted by Gasteiger charge is -2.27. The van der Waals surface area contributed by atoms with Crippen LogP contribution in [-0.4, -0.2) is 32.5 Å². The molecule has 1 unspecified atom stereocenters. The van der Waals surface area contributed by atoms with E-state index in [0.29, 0.717) is 44.0 Å². The van der Waals surface area contributed by atoms with Gasteiger partial charge in [0.15, 0.2) is 11.5 Å². The van der Waals surface area contributed by atoms with Crippen molar-refractivity contribution in [3.05, 3.63) is 53.6 Å². The number of halogens is 3. The molecule has 1 atom stereocenters. The molecular formula is C20H20F3NO4S. The van der Waals surface area contributed by atoms with Crippen molar-refractivity contribution in [2.24, 2.45) is 0 Å². The highest BCUT2D eigenvalue weighted by atomic mass is 32.2. The van der Waals surface area contributed by atoms with E-state index in [-0.39, 0.29) is 17.0 Å². The quantitative estimate of drug-likeness (QED) is 0.729. The molecule has 9 heteroatoms. The average molecular weight is 427 g/mol. The fraction of sp³-hybridized carbons (Fsp3) is 0.400. The number of nitrogens with zero attached hydrogens (tertiary/aromatic N) is 1. The fourth-order valence-electron chi connectivity index (χ4n) is 3.82. The third-order valence-corrected chi connectivity index (χ3v) is 7.06. The van der Waals surface area contributed by atoms with Gasteiger partial charge < -0.3 is 9.47 Å². The molecule has 0 amide bonds. The summed E-state index contributed by atoms with van der Waals surface area (Å²) in [4.78, 5) is -0.0156. The molecule has 0 bridgehead atoms. The predicted molar refractivity (Wildman–Crippen MR) is 99.4 cm³/mol. The molecule has 5 nitrogen and oxygen atoms in total. The van der Waals surface area contributed by atoms with E-state index >= 15 is 0 Å². The second-order valence-electron chi connectivity index (χ2n) is 7.02. The molecule has 29 heavy (non-hydrogen) atoms. The number of hydrogen-bond donors (Lipinski definition) is 0. The van der Waals surface area contributed by atoms with E-state index in [0.717, 1.165) is 10.4 Å². The molecule has 0 spiro atoms. The summed E-state index contributed by atoms with van der Waals surface area (Å²) in [5, 5.41) is 0. The molecular weight excluding hydrogens is 407 g/mol. The zero-order chi connectivity index (χ0) is 20.6. The first-order valence-electron chi connectivity index (χ1n) is 9.36. The van der Waals surface area contributed by atoms with Crippen molar-refractivity contribution in [2.75, 3.05) is 19.8 Å². The van der Waals surface area contributed by atoms with Crippen LogP contribution in [0, 0.1) is 0 Å². The number of sulfonamides is 1. The Morgan fingerprint density at radius 2 is 1.69 bits per heavy atom. The van der Waals surface area contributed by atoms with Crippen LogP contribution in [0.1, 0.15) is 36.4 Å². The number of hydrogen-bond acceptors (Lipinski definition) is 4. The first-order valence-corrected chi connectivity index (χ1v) is 10.8. The maximum atomic E-state index is 13.5. The Bertz CT molecular complexity index is 1010. The molecule has 2 heterocycles. The number of ether oxygens (including phenoxy) is 2. The summed E-state index contributed by atoms with van der Waals surface area (Å²) in [7, 11) is -4.01. The normalized spacial score (nSPS) is 20.4. The van der Waals surface area contributed by atoms with E-state index in [1.54, 1.807) is 0 Å². The predicted octanol–water partition coefficient (Wildman–Crippen LogP) is 4.39. The summed E-state index contributed by atoms with van der Waals surface area (Å²) in [6.45, 7) is 1.04. The zero-order valence-electron chi connectivity index (χ0n) is 15.5. The van der Waals surface area contributed by atoms with Crippen LogP contribution < -0.4 is 9.47 Å². The van der Waals surface area contributed by atoms with Gasteiger partial charge in [-0.15, -0.1) is 0 Å². The number of alkyl halides is 3. The monoisotopic (exact) mass is 427 g/mol. The highest BCUT2D eigenvalue weighted by molar-refractivity contribution is 7.89. The highest BCUT2D eigenvalue weighted by Gasteiger charge is 2.41. The molecule has 0 aliphatic carbocycles. The van der Waals surface area contributed by atoms with Crippen LogP contribution >= 0.6 is 0 Å². The van der Waals surface area contributed by atoms with E-state index in [1.807, 2.05) is 0 Å². The van der Waals surface area contributed by atoms with E-state index in [9.17, 15) is 21.6 Å². The molecule has 0 saturated carbocycles. The van der Waals surface area contributed by atoms with Gasteiger partial charge in [-0.05, 0) is 36.6 Å². The molecule has 2 aromatic rings. The maximum absolute atomic E-state index is 13.5. The van der Waals surface area contributed by atoms with Gasteiger partial charge in [0.05, 0.1) is 29.7 Å². The summed E-state index contributed by atoms with van der Waals surface area (Å²) in [6, 6.07) is 8.62. The van der Waals surface area contributed by atoms with Gasteiger partial charge in [-0.1, -0.05) is 18.2 Å². The molecule has 1 fully saturated rings. The van der Waals surface area contributed by atoms with Crippen molar-refractivity contribution < 1.29 is 31.1 Å². The van der Waals surface area contributed by atoms with Gasteiger partial charge in [0, 0.05) is 19.0 Å². The van der Waals surface area contributed by atoms with Crippen LogP contribution in [-0.2, 0) is 16.2 Å². The minimum Gasteiger partial charge on any atom is -0.490 e. The van der Waals surface area contributed by atoms with Crippen molar-refractivity contribution in [3.8, 4) is 11.5 Å². The Morgan fingerprint density at radius 1 is 0.966 bits per heavy atom. The Kier molecular flexibility index (Phi) is 5.20. The fourth-order valence-corrected chi connectivity index (χ4v) is 5.51. The maximum Gasteiger partial charge on any atom is 0.416 e. The SMILES string of the molecule is O=S(=O)(c1ccc2c(c1)OCCCO2)N1CCCC1c1ccccc1C(F)(F)F. The average Bonchev–Trinajstić information content (AvgIpc) is 3.07. The van der Waals surface area contributed by atoms with Gasteiger partial charge in [-0.25, -0.2) is 8.42 Å². The standard InChI is InChI=1S/C20H20F3NO4S/c21-20(22,23)16-6-2-1-5-15(16)17-7-3-10-24(17)29(25,26)14-8-9-18-19(13-14)28-12-4-11-27-18/h1-2,5-6,8-9,13,17H,3-4,7,10-12H2. The minimum atomic E-state index is -4.55. The van der Waals surface area contributed by atoms with Crippen molar-refractivity contribution >= 4 is 10.0 Å². The van der Waals surface area contributed by atoms with Crippen molar-refractivity contribution in [2.45, 2.75) is 36.4 Å². The first-order chi connectivity index (χ1) is 13.8.